The van der Waals surface area contributed by atoms with Gasteiger partial charge in [-0.3, -0.25) is 4.79 Å². The number of fused-ring (bicyclic) bond motifs is 1. The minimum atomic E-state index is -0.482. The molecule has 3 aromatic rings. The number of aromatic nitrogens is 2. The van der Waals surface area contributed by atoms with Gasteiger partial charge in [-0.1, -0.05) is 34.8 Å². The summed E-state index contributed by atoms with van der Waals surface area (Å²) in [7, 11) is 2.77. The van der Waals surface area contributed by atoms with Crippen molar-refractivity contribution in [1.29, 1.82) is 0 Å². The molecule has 0 radical (unpaired) electrons. The average Bonchev–Trinajstić information content (AvgIpc) is 3.05. The van der Waals surface area contributed by atoms with Gasteiger partial charge < -0.3 is 20.5 Å². The quantitative estimate of drug-likeness (QED) is 0.628. The maximum Gasteiger partial charge on any atom is 0.258 e. The van der Waals surface area contributed by atoms with Gasteiger partial charge in [0.05, 0.1) is 35.7 Å². The fourth-order valence-electron chi connectivity index (χ4n) is 2.30. The minimum absolute atomic E-state index is 0.0466. The van der Waals surface area contributed by atoms with E-state index in [1.165, 1.54) is 31.9 Å². The Hall–Kier alpha value is -2.00. The van der Waals surface area contributed by atoms with Crippen LogP contribution in [0.15, 0.2) is 11.7 Å². The lowest BCUT2D eigenvalue weighted by molar-refractivity contribution is 0.102. The molecule has 0 saturated carbocycles. The number of carbonyl (C=O) groups excluding carboxylic acids is 1. The molecule has 26 heavy (non-hydrogen) atoms. The second kappa shape index (κ2) is 7.32. The molecule has 7 nitrogen and oxygen atoms in total. The highest BCUT2D eigenvalue weighted by Gasteiger charge is 2.25. The molecule has 0 spiro atoms. The second-order valence-electron chi connectivity index (χ2n) is 4.92. The number of nitrogen functional groups attached to an aromatic ring is 1. The summed E-state index contributed by atoms with van der Waals surface area (Å²) in [5.41, 5.74) is 6.65. The number of hydrogen-bond acceptors (Lipinski definition) is 7. The first-order valence-electron chi connectivity index (χ1n) is 6.98. The number of benzene rings is 1. The Morgan fingerprint density at radius 3 is 2.31 bits per heavy atom. The lowest BCUT2D eigenvalue weighted by Gasteiger charge is -2.17. The van der Waals surface area contributed by atoms with E-state index >= 15 is 0 Å². The first-order valence-corrected chi connectivity index (χ1v) is 8.99. The van der Waals surface area contributed by atoms with Crippen LogP contribution in [0.2, 0.25) is 15.1 Å². The Morgan fingerprint density at radius 1 is 1.12 bits per heavy atom. The van der Waals surface area contributed by atoms with Crippen LogP contribution in [0.4, 0.5) is 11.5 Å². The normalized spacial score (nSPS) is 10.8. The molecule has 0 saturated heterocycles. The summed E-state index contributed by atoms with van der Waals surface area (Å²) in [6.45, 7) is 0. The topological polar surface area (TPSA) is 99.4 Å². The highest BCUT2D eigenvalue weighted by molar-refractivity contribution is 7.18. The Bertz CT molecular complexity index is 994. The number of anilines is 2. The van der Waals surface area contributed by atoms with Crippen molar-refractivity contribution in [1.82, 2.24) is 9.97 Å². The van der Waals surface area contributed by atoms with Crippen LogP contribution in [0.3, 0.4) is 0 Å². The van der Waals surface area contributed by atoms with Crippen molar-refractivity contribution < 1.29 is 14.3 Å². The zero-order valence-corrected chi connectivity index (χ0v) is 16.5. The number of nitrogens with one attached hydrogen (secondary N) is 1. The van der Waals surface area contributed by atoms with Crippen LogP contribution in [0.25, 0.3) is 10.2 Å². The molecule has 2 heterocycles. The molecule has 1 aromatic carbocycles. The first kappa shape index (κ1) is 18.8. The summed E-state index contributed by atoms with van der Waals surface area (Å²) in [5.74, 6) is 0.0767. The van der Waals surface area contributed by atoms with Crippen molar-refractivity contribution in [2.75, 3.05) is 25.3 Å². The van der Waals surface area contributed by atoms with E-state index in [2.05, 4.69) is 15.3 Å². The van der Waals surface area contributed by atoms with Gasteiger partial charge in [-0.2, -0.15) is 0 Å². The molecule has 0 aliphatic rings. The number of hydrogen-bond donors (Lipinski definition) is 2. The summed E-state index contributed by atoms with van der Waals surface area (Å²) < 4.78 is 11.0. The molecular formula is C15H11Cl3N4O3S. The molecule has 0 fully saturated rings. The summed E-state index contributed by atoms with van der Waals surface area (Å²) in [4.78, 5) is 20.8. The molecule has 0 aliphatic carbocycles. The number of rotatable bonds is 4. The third-order valence-electron chi connectivity index (χ3n) is 3.51. The third kappa shape index (κ3) is 2.99. The Labute approximate surface area is 167 Å². The van der Waals surface area contributed by atoms with Crippen LogP contribution in [-0.2, 0) is 0 Å². The molecule has 1 amide bonds. The highest BCUT2D eigenvalue weighted by atomic mass is 35.5. The standard InChI is InChI=1S/C15H11Cl3N4O3S/c1-24-11-6(16)10(7(17)12(25-2)8(11)18)22-15(23)5-3-26-13-9(5)20-4-21-14(13)19/h3-4H,1-2H3,(H,22,23)(H2,19,20,21). The van der Waals surface area contributed by atoms with Crippen LogP contribution >= 0.6 is 46.1 Å². The molecule has 0 aliphatic heterocycles. The SMILES string of the molecule is COc1c(Cl)c(NC(=O)c2csc3c(N)ncnc23)c(Cl)c(OC)c1Cl. The summed E-state index contributed by atoms with van der Waals surface area (Å²) in [5, 5.41) is 4.47. The first-order chi connectivity index (χ1) is 12.4. The maximum atomic E-state index is 12.8. The van der Waals surface area contributed by atoms with Crippen LogP contribution < -0.4 is 20.5 Å². The largest absolute Gasteiger partial charge is 0.493 e. The monoisotopic (exact) mass is 432 g/mol. The van der Waals surface area contributed by atoms with Gasteiger partial charge in [0.15, 0.2) is 11.5 Å². The molecule has 136 valence electrons. The van der Waals surface area contributed by atoms with Gasteiger partial charge >= 0.3 is 0 Å². The van der Waals surface area contributed by atoms with Crippen molar-refractivity contribution in [2.24, 2.45) is 0 Å². The van der Waals surface area contributed by atoms with Gasteiger partial charge in [-0.05, 0) is 0 Å². The average molecular weight is 434 g/mol. The van der Waals surface area contributed by atoms with Crippen molar-refractivity contribution in [3.63, 3.8) is 0 Å². The van der Waals surface area contributed by atoms with E-state index in [1.807, 2.05) is 0 Å². The van der Waals surface area contributed by atoms with Crippen LogP contribution in [0.1, 0.15) is 10.4 Å². The lowest BCUT2D eigenvalue weighted by atomic mass is 10.2. The number of halogens is 3. The zero-order chi connectivity index (χ0) is 19.0. The lowest BCUT2D eigenvalue weighted by Crippen LogP contribution is -2.13. The molecule has 2 aromatic heterocycles. The zero-order valence-electron chi connectivity index (χ0n) is 13.4. The number of amides is 1. The van der Waals surface area contributed by atoms with E-state index in [9.17, 15) is 4.79 Å². The Balaban J connectivity index is 2.08. The van der Waals surface area contributed by atoms with E-state index in [0.29, 0.717) is 21.6 Å². The number of carbonyl (C=O) groups is 1. The number of ether oxygens (including phenoxy) is 2. The Kier molecular flexibility index (Phi) is 5.29. The van der Waals surface area contributed by atoms with Crippen molar-refractivity contribution >= 4 is 73.8 Å². The van der Waals surface area contributed by atoms with Crippen molar-refractivity contribution in [2.45, 2.75) is 0 Å². The molecule has 0 bridgehead atoms. The van der Waals surface area contributed by atoms with Gasteiger partial charge in [-0.15, -0.1) is 11.3 Å². The second-order valence-corrected chi connectivity index (χ2v) is 6.94. The smallest absolute Gasteiger partial charge is 0.258 e. The van der Waals surface area contributed by atoms with Gasteiger partial charge in [0, 0.05) is 5.38 Å². The fourth-order valence-corrected chi connectivity index (χ4v) is 4.32. The van der Waals surface area contributed by atoms with Crippen molar-refractivity contribution in [3.05, 3.63) is 32.3 Å². The van der Waals surface area contributed by atoms with Gasteiger partial charge in [-0.25, -0.2) is 9.97 Å². The number of thiophene rings is 1. The number of nitrogens with two attached hydrogens (primary N) is 1. The van der Waals surface area contributed by atoms with E-state index < -0.39 is 5.91 Å². The van der Waals surface area contributed by atoms with Gasteiger partial charge in [0.1, 0.15) is 27.2 Å². The van der Waals surface area contributed by atoms with E-state index in [1.54, 1.807) is 5.38 Å². The molecule has 3 rings (SSSR count). The third-order valence-corrected chi connectivity index (χ3v) is 5.57. The Morgan fingerprint density at radius 2 is 1.73 bits per heavy atom. The van der Waals surface area contributed by atoms with Crippen LogP contribution in [0, 0.1) is 0 Å². The molecular weight excluding hydrogens is 423 g/mol. The molecule has 11 heteroatoms. The minimum Gasteiger partial charge on any atom is -0.493 e. The van der Waals surface area contributed by atoms with Crippen LogP contribution in [0.5, 0.6) is 11.5 Å². The predicted molar refractivity (Wildman–Crippen MR) is 104 cm³/mol. The van der Waals surface area contributed by atoms with Gasteiger partial charge in [0.25, 0.3) is 5.91 Å². The number of nitrogens with zero attached hydrogens (tertiary/aromatic N) is 2. The highest BCUT2D eigenvalue weighted by Crippen LogP contribution is 2.50. The molecule has 0 atom stereocenters. The molecule has 0 unspecified atom stereocenters. The fraction of sp³-hybridized carbons (Fsp3) is 0.133. The predicted octanol–water partition coefficient (Wildman–Crippen LogP) is 4.50. The summed E-state index contributed by atoms with van der Waals surface area (Å²) in [6, 6.07) is 0. The van der Waals surface area contributed by atoms with Gasteiger partial charge in [0.2, 0.25) is 0 Å². The maximum absolute atomic E-state index is 12.8. The summed E-state index contributed by atoms with van der Waals surface area (Å²) in [6.07, 6.45) is 1.29. The summed E-state index contributed by atoms with van der Waals surface area (Å²) >= 11 is 20.0. The van der Waals surface area contributed by atoms with E-state index in [-0.39, 0.29) is 32.3 Å². The van der Waals surface area contributed by atoms with E-state index in [4.69, 9.17) is 50.0 Å². The van der Waals surface area contributed by atoms with Crippen LogP contribution in [-0.4, -0.2) is 30.1 Å². The molecule has 3 N–H and O–H groups in total. The number of methoxy groups -OCH3 is 2. The van der Waals surface area contributed by atoms with E-state index in [0.717, 1.165) is 0 Å². The van der Waals surface area contributed by atoms with Crippen molar-refractivity contribution in [3.8, 4) is 11.5 Å².